The lowest BCUT2D eigenvalue weighted by Crippen LogP contribution is -2.48. The molecule has 2 heterocycles. The summed E-state index contributed by atoms with van der Waals surface area (Å²) in [6.07, 6.45) is 0.184. The van der Waals surface area contributed by atoms with E-state index in [9.17, 15) is 13.5 Å². The third-order valence-electron chi connectivity index (χ3n) is 5.39. The highest BCUT2D eigenvalue weighted by molar-refractivity contribution is 7.86. The van der Waals surface area contributed by atoms with Crippen molar-refractivity contribution in [2.24, 2.45) is 5.92 Å². The molecular formula is C17H27N3O3S. The van der Waals surface area contributed by atoms with E-state index in [0.29, 0.717) is 19.5 Å². The summed E-state index contributed by atoms with van der Waals surface area (Å²) in [5.74, 6) is -0.0560. The first-order valence-corrected chi connectivity index (χ1v) is 9.83. The number of likely N-dealkylation sites (tertiary alicyclic amines) is 1. The van der Waals surface area contributed by atoms with E-state index in [-0.39, 0.29) is 17.9 Å². The fraction of sp³-hybridized carbons (Fsp3) is 0.647. The molecule has 3 rings (SSSR count). The summed E-state index contributed by atoms with van der Waals surface area (Å²) in [5, 5.41) is 10.8. The molecule has 24 heavy (non-hydrogen) atoms. The van der Waals surface area contributed by atoms with Crippen LogP contribution in [0.5, 0.6) is 0 Å². The third kappa shape index (κ3) is 3.11. The zero-order valence-corrected chi connectivity index (χ0v) is 15.4. The molecule has 0 saturated carbocycles. The molecule has 2 aliphatic heterocycles. The lowest BCUT2D eigenvalue weighted by molar-refractivity contribution is 0.0893. The number of aliphatic hydroxyl groups is 1. The Morgan fingerprint density at radius 3 is 2.46 bits per heavy atom. The Morgan fingerprint density at radius 2 is 1.83 bits per heavy atom. The quantitative estimate of drug-likeness (QED) is 0.863. The maximum Gasteiger partial charge on any atom is 0.281 e. The van der Waals surface area contributed by atoms with Gasteiger partial charge in [-0.05, 0) is 19.0 Å². The number of aliphatic hydroxyl groups excluding tert-OH is 1. The van der Waals surface area contributed by atoms with Gasteiger partial charge in [0, 0.05) is 51.6 Å². The number of rotatable bonds is 3. The number of fused-ring (bicyclic) bond motifs is 1. The highest BCUT2D eigenvalue weighted by atomic mass is 32.2. The summed E-state index contributed by atoms with van der Waals surface area (Å²) in [5.41, 5.74) is 1.10. The smallest absolute Gasteiger partial charge is 0.281 e. The molecule has 2 fully saturated rings. The van der Waals surface area contributed by atoms with E-state index in [1.165, 1.54) is 4.31 Å². The summed E-state index contributed by atoms with van der Waals surface area (Å²) in [6.45, 7) is 1.86. The van der Waals surface area contributed by atoms with Crippen molar-refractivity contribution in [1.82, 2.24) is 13.5 Å². The molecule has 0 aliphatic carbocycles. The van der Waals surface area contributed by atoms with Crippen LogP contribution in [-0.4, -0.2) is 80.0 Å². The van der Waals surface area contributed by atoms with Crippen LogP contribution in [0.3, 0.4) is 0 Å². The second-order valence-corrected chi connectivity index (χ2v) is 9.23. The van der Waals surface area contributed by atoms with Gasteiger partial charge >= 0.3 is 0 Å². The predicted octanol–water partition coefficient (Wildman–Crippen LogP) is 0.573. The van der Waals surface area contributed by atoms with Crippen molar-refractivity contribution >= 4 is 10.2 Å². The summed E-state index contributed by atoms with van der Waals surface area (Å²) < 4.78 is 28.6. The van der Waals surface area contributed by atoms with Gasteiger partial charge in [-0.3, -0.25) is 0 Å². The molecular weight excluding hydrogens is 326 g/mol. The number of benzene rings is 1. The minimum Gasteiger partial charge on any atom is -0.393 e. The van der Waals surface area contributed by atoms with E-state index in [2.05, 4.69) is 4.90 Å². The number of hydrogen-bond donors (Lipinski definition) is 1. The van der Waals surface area contributed by atoms with Gasteiger partial charge in [0.2, 0.25) is 0 Å². The minimum absolute atomic E-state index is 0.0208. The Balaban J connectivity index is 2.03. The van der Waals surface area contributed by atoms with E-state index in [0.717, 1.165) is 12.1 Å². The first kappa shape index (κ1) is 17.8. The molecule has 1 aromatic rings. The molecule has 1 aromatic carbocycles. The van der Waals surface area contributed by atoms with E-state index in [1.807, 2.05) is 37.4 Å². The minimum atomic E-state index is -3.52. The third-order valence-corrected chi connectivity index (χ3v) is 7.33. The summed E-state index contributed by atoms with van der Waals surface area (Å²) in [7, 11) is 1.60. The predicted molar refractivity (Wildman–Crippen MR) is 93.9 cm³/mol. The molecule has 134 valence electrons. The first-order chi connectivity index (χ1) is 11.3. The standard InChI is InChI=1S/C17H27N3O3S/c1-18(2)24(22,23)20-11-14(13-7-5-4-6-8-13)17-15(20)12-19(3)10-9-16(17)21/h4-8,14-17,21H,9-12H2,1-3H3/t14-,15+,16+,17-/m0/s1. The first-order valence-electron chi connectivity index (χ1n) is 8.43. The molecule has 1 N–H and O–H groups in total. The van der Waals surface area contributed by atoms with Gasteiger partial charge < -0.3 is 10.0 Å². The lowest BCUT2D eigenvalue weighted by Gasteiger charge is -2.31. The van der Waals surface area contributed by atoms with Crippen molar-refractivity contribution in [3.8, 4) is 0 Å². The van der Waals surface area contributed by atoms with Crippen molar-refractivity contribution < 1.29 is 13.5 Å². The van der Waals surface area contributed by atoms with Gasteiger partial charge in [0.25, 0.3) is 10.2 Å². The SMILES string of the molecule is CN1CC[C@@H](O)[C@@H]2[C@@H](C1)N(S(=O)(=O)N(C)C)C[C@H]2c1ccccc1. The summed E-state index contributed by atoms with van der Waals surface area (Å²) >= 11 is 0. The molecule has 2 aliphatic rings. The van der Waals surface area contributed by atoms with Gasteiger partial charge in [-0.25, -0.2) is 0 Å². The number of hydrogen-bond acceptors (Lipinski definition) is 4. The van der Waals surface area contributed by atoms with Gasteiger partial charge in [0.05, 0.1) is 6.10 Å². The molecule has 6 nitrogen and oxygen atoms in total. The Labute approximate surface area is 144 Å². The van der Waals surface area contributed by atoms with E-state index in [1.54, 1.807) is 18.4 Å². The van der Waals surface area contributed by atoms with Crippen LogP contribution in [0.15, 0.2) is 30.3 Å². The number of nitrogens with zero attached hydrogens (tertiary/aromatic N) is 3. The van der Waals surface area contributed by atoms with E-state index < -0.39 is 16.3 Å². The largest absolute Gasteiger partial charge is 0.393 e. The van der Waals surface area contributed by atoms with Crippen molar-refractivity contribution in [3.05, 3.63) is 35.9 Å². The van der Waals surface area contributed by atoms with Crippen molar-refractivity contribution in [3.63, 3.8) is 0 Å². The number of likely N-dealkylation sites (N-methyl/N-ethyl adjacent to an activating group) is 1. The zero-order valence-electron chi connectivity index (χ0n) is 14.5. The molecule has 0 spiro atoms. The van der Waals surface area contributed by atoms with Crippen LogP contribution in [0, 0.1) is 5.92 Å². The highest BCUT2D eigenvalue weighted by Crippen LogP contribution is 2.43. The Morgan fingerprint density at radius 1 is 1.17 bits per heavy atom. The van der Waals surface area contributed by atoms with Crippen LogP contribution < -0.4 is 0 Å². The lowest BCUT2D eigenvalue weighted by atomic mass is 9.81. The van der Waals surface area contributed by atoms with Crippen molar-refractivity contribution in [2.75, 3.05) is 40.8 Å². The van der Waals surface area contributed by atoms with Crippen molar-refractivity contribution in [2.45, 2.75) is 24.5 Å². The zero-order chi connectivity index (χ0) is 17.5. The summed E-state index contributed by atoms with van der Waals surface area (Å²) in [4.78, 5) is 2.12. The Kier molecular flexibility index (Phi) is 4.99. The van der Waals surface area contributed by atoms with Crippen molar-refractivity contribution in [1.29, 1.82) is 0 Å². The van der Waals surface area contributed by atoms with Crippen LogP contribution >= 0.6 is 0 Å². The molecule has 4 atom stereocenters. The molecule has 2 saturated heterocycles. The molecule has 7 heteroatoms. The molecule has 0 radical (unpaired) electrons. The van der Waals surface area contributed by atoms with Gasteiger partial charge in [0.15, 0.2) is 0 Å². The maximum atomic E-state index is 12.8. The monoisotopic (exact) mass is 353 g/mol. The van der Waals surface area contributed by atoms with Crippen LogP contribution in [-0.2, 0) is 10.2 Å². The second kappa shape index (κ2) is 6.72. The topological polar surface area (TPSA) is 64.1 Å². The van der Waals surface area contributed by atoms with E-state index in [4.69, 9.17) is 0 Å². The van der Waals surface area contributed by atoms with Gasteiger partial charge in [-0.15, -0.1) is 0 Å². The molecule has 0 amide bonds. The fourth-order valence-corrected chi connectivity index (χ4v) is 5.43. The van der Waals surface area contributed by atoms with Crippen LogP contribution in [0.1, 0.15) is 17.9 Å². The highest BCUT2D eigenvalue weighted by Gasteiger charge is 2.51. The fourth-order valence-electron chi connectivity index (χ4n) is 4.11. The van der Waals surface area contributed by atoms with Gasteiger partial charge in [-0.2, -0.15) is 17.0 Å². The molecule has 0 bridgehead atoms. The molecule has 0 unspecified atom stereocenters. The van der Waals surface area contributed by atoms with Crippen LogP contribution in [0.25, 0.3) is 0 Å². The maximum absolute atomic E-state index is 12.8. The summed E-state index contributed by atoms with van der Waals surface area (Å²) in [6, 6.07) is 9.78. The Bertz CT molecular complexity index is 665. The van der Waals surface area contributed by atoms with Gasteiger partial charge in [0.1, 0.15) is 0 Å². The average Bonchev–Trinajstić information content (AvgIpc) is 2.86. The Hall–Kier alpha value is -0.990. The normalized spacial score (nSPS) is 32.7. The van der Waals surface area contributed by atoms with Crippen LogP contribution in [0.4, 0.5) is 0 Å². The average molecular weight is 353 g/mol. The van der Waals surface area contributed by atoms with E-state index >= 15 is 0 Å². The second-order valence-electron chi connectivity index (χ2n) is 7.14. The van der Waals surface area contributed by atoms with Gasteiger partial charge in [-0.1, -0.05) is 30.3 Å². The van der Waals surface area contributed by atoms with Crippen LogP contribution in [0.2, 0.25) is 0 Å². The molecule has 0 aromatic heterocycles.